The van der Waals surface area contributed by atoms with Crippen LogP contribution < -0.4 is 4.90 Å². The molecule has 2 aromatic rings. The van der Waals surface area contributed by atoms with Crippen molar-refractivity contribution in [1.82, 2.24) is 4.31 Å². The summed E-state index contributed by atoms with van der Waals surface area (Å²) in [7, 11) is -3.56. The first-order valence-electron chi connectivity index (χ1n) is 8.04. The van der Waals surface area contributed by atoms with E-state index in [2.05, 4.69) is 15.9 Å². The Morgan fingerprint density at radius 1 is 1.21 bits per heavy atom. The van der Waals surface area contributed by atoms with Gasteiger partial charge in [-0.1, -0.05) is 12.1 Å². The molecule has 5 nitrogen and oxygen atoms in total. The fraction of sp³-hybridized carbons (Fsp3) is 0.353. The third kappa shape index (κ3) is 2.08. The largest absolute Gasteiger partial charge is 0.307 e. The molecule has 4 rings (SSSR count). The van der Waals surface area contributed by atoms with Gasteiger partial charge >= 0.3 is 0 Å². The number of halogens is 1. The first kappa shape index (κ1) is 16.1. The highest BCUT2D eigenvalue weighted by Gasteiger charge is 2.35. The predicted molar refractivity (Wildman–Crippen MR) is 97.0 cm³/mol. The number of benzene rings is 2. The highest BCUT2D eigenvalue weighted by Crippen LogP contribution is 2.45. The third-order valence-corrected chi connectivity index (χ3v) is 7.34. The lowest BCUT2D eigenvalue weighted by Crippen LogP contribution is -2.28. The average molecular weight is 409 g/mol. The second-order valence-electron chi connectivity index (χ2n) is 6.09. The monoisotopic (exact) mass is 408 g/mol. The lowest BCUT2D eigenvalue weighted by atomic mass is 10.1. The minimum Gasteiger partial charge on any atom is -0.307 e. The molecule has 2 aromatic carbocycles. The number of carbonyl (C=O) groups excluding carboxylic acids is 1. The van der Waals surface area contributed by atoms with Crippen LogP contribution in [0.4, 0.5) is 5.69 Å². The van der Waals surface area contributed by atoms with Crippen molar-refractivity contribution in [3.63, 3.8) is 0 Å². The van der Waals surface area contributed by atoms with Gasteiger partial charge in [-0.15, -0.1) is 0 Å². The van der Waals surface area contributed by atoms with Crippen molar-refractivity contribution in [1.29, 1.82) is 0 Å². The molecular weight excluding hydrogens is 392 g/mol. The molecule has 0 N–H and O–H groups in total. The maximum absolute atomic E-state index is 13.1. The molecule has 0 atom stereocenters. The molecule has 0 saturated carbocycles. The van der Waals surface area contributed by atoms with Crippen molar-refractivity contribution in [2.24, 2.45) is 0 Å². The summed E-state index contributed by atoms with van der Waals surface area (Å²) in [5.74, 6) is -0.0745. The number of hydrogen-bond acceptors (Lipinski definition) is 3. The Kier molecular flexibility index (Phi) is 3.71. The van der Waals surface area contributed by atoms with Gasteiger partial charge in [0.1, 0.15) is 0 Å². The van der Waals surface area contributed by atoms with Gasteiger partial charge in [0.15, 0.2) is 0 Å². The van der Waals surface area contributed by atoms with Crippen LogP contribution in [-0.4, -0.2) is 38.3 Å². The molecule has 0 unspecified atom stereocenters. The van der Waals surface area contributed by atoms with Crippen LogP contribution in [0.5, 0.6) is 0 Å². The van der Waals surface area contributed by atoms with Gasteiger partial charge in [-0.3, -0.25) is 4.79 Å². The lowest BCUT2D eigenvalue weighted by molar-refractivity contribution is 0.0994. The van der Waals surface area contributed by atoms with E-state index in [-0.39, 0.29) is 10.8 Å². The Morgan fingerprint density at radius 2 is 1.92 bits per heavy atom. The Labute approximate surface area is 149 Å². The molecule has 1 saturated heterocycles. The molecule has 1 amide bonds. The van der Waals surface area contributed by atoms with Gasteiger partial charge < -0.3 is 4.90 Å². The second kappa shape index (κ2) is 5.54. The normalized spacial score (nSPS) is 18.1. The van der Waals surface area contributed by atoms with Crippen LogP contribution in [0.2, 0.25) is 0 Å². The molecule has 2 aliphatic heterocycles. The Morgan fingerprint density at radius 3 is 2.58 bits per heavy atom. The van der Waals surface area contributed by atoms with Crippen LogP contribution in [-0.2, 0) is 10.0 Å². The van der Waals surface area contributed by atoms with Gasteiger partial charge in [0, 0.05) is 40.4 Å². The van der Waals surface area contributed by atoms with E-state index >= 15 is 0 Å². The molecule has 126 valence electrons. The van der Waals surface area contributed by atoms with E-state index in [1.54, 1.807) is 29.2 Å². The molecule has 1 fully saturated rings. The van der Waals surface area contributed by atoms with E-state index in [1.807, 2.05) is 6.92 Å². The van der Waals surface area contributed by atoms with Gasteiger partial charge in [0.2, 0.25) is 10.0 Å². The summed E-state index contributed by atoms with van der Waals surface area (Å²) in [6.07, 6.45) is 1.79. The second-order valence-corrected chi connectivity index (χ2v) is 8.85. The fourth-order valence-electron chi connectivity index (χ4n) is 3.67. The molecule has 0 bridgehead atoms. The highest BCUT2D eigenvalue weighted by atomic mass is 79.9. The average Bonchev–Trinajstić information content (AvgIpc) is 3.19. The van der Waals surface area contributed by atoms with Crippen LogP contribution in [0.3, 0.4) is 0 Å². The summed E-state index contributed by atoms with van der Waals surface area (Å²) >= 11 is 3.49. The highest BCUT2D eigenvalue weighted by molar-refractivity contribution is 9.10. The molecule has 0 radical (unpaired) electrons. The topological polar surface area (TPSA) is 57.7 Å². The predicted octanol–water partition coefficient (Wildman–Crippen LogP) is 3.37. The molecule has 0 aromatic heterocycles. The molecule has 2 heterocycles. The van der Waals surface area contributed by atoms with E-state index < -0.39 is 10.0 Å². The van der Waals surface area contributed by atoms with Crippen molar-refractivity contribution in [2.45, 2.75) is 24.7 Å². The van der Waals surface area contributed by atoms with Crippen LogP contribution in [0.1, 0.15) is 30.1 Å². The van der Waals surface area contributed by atoms with Gasteiger partial charge in [0.25, 0.3) is 5.91 Å². The number of carbonyl (C=O) groups is 1. The zero-order valence-corrected chi connectivity index (χ0v) is 15.7. The van der Waals surface area contributed by atoms with E-state index in [0.29, 0.717) is 35.1 Å². The Bertz CT molecular complexity index is 965. The molecule has 2 aliphatic rings. The van der Waals surface area contributed by atoms with Crippen molar-refractivity contribution in [2.75, 3.05) is 24.5 Å². The molecule has 7 heteroatoms. The van der Waals surface area contributed by atoms with E-state index in [0.717, 1.165) is 23.9 Å². The van der Waals surface area contributed by atoms with Crippen molar-refractivity contribution in [3.05, 3.63) is 34.3 Å². The van der Waals surface area contributed by atoms with E-state index in [9.17, 15) is 13.2 Å². The maximum atomic E-state index is 13.1. The number of sulfonamides is 1. The van der Waals surface area contributed by atoms with E-state index in [4.69, 9.17) is 0 Å². The Balaban J connectivity index is 2.04. The van der Waals surface area contributed by atoms with Crippen molar-refractivity contribution in [3.8, 4) is 0 Å². The molecule has 0 spiro atoms. The van der Waals surface area contributed by atoms with E-state index in [1.165, 1.54) is 4.31 Å². The van der Waals surface area contributed by atoms with Gasteiger partial charge in [-0.25, -0.2) is 8.42 Å². The summed E-state index contributed by atoms with van der Waals surface area (Å²) < 4.78 is 28.4. The smallest absolute Gasteiger partial charge is 0.259 e. The number of hydrogen-bond donors (Lipinski definition) is 0. The first-order valence-corrected chi connectivity index (χ1v) is 10.3. The van der Waals surface area contributed by atoms with Crippen LogP contribution in [0.15, 0.2) is 33.6 Å². The number of amides is 1. The third-order valence-electron chi connectivity index (χ3n) is 4.80. The summed E-state index contributed by atoms with van der Waals surface area (Å²) in [4.78, 5) is 14.6. The number of anilines is 1. The molecule has 24 heavy (non-hydrogen) atoms. The maximum Gasteiger partial charge on any atom is 0.259 e. The molecular formula is C17H17BrN2O3S. The lowest BCUT2D eigenvalue weighted by Gasteiger charge is -2.20. The summed E-state index contributed by atoms with van der Waals surface area (Å²) in [5, 5.41) is 1.36. The van der Waals surface area contributed by atoms with Crippen molar-refractivity contribution >= 4 is 48.3 Å². The van der Waals surface area contributed by atoms with Crippen LogP contribution >= 0.6 is 15.9 Å². The zero-order chi connectivity index (χ0) is 17.1. The standard InChI is InChI=1S/C17H17BrN2O3S/c1-2-20-16-13(18)10-14(24(22,23)19-8-3-4-9-19)11-6-5-7-12(15(11)16)17(20)21/h5-7,10H,2-4,8-9H2,1H3. The minimum atomic E-state index is -3.56. The molecule has 0 aliphatic carbocycles. The quantitative estimate of drug-likeness (QED) is 0.781. The minimum absolute atomic E-state index is 0.0745. The zero-order valence-electron chi connectivity index (χ0n) is 13.3. The van der Waals surface area contributed by atoms with Gasteiger partial charge in [0.05, 0.1) is 10.6 Å². The first-order chi connectivity index (χ1) is 11.5. The summed E-state index contributed by atoms with van der Waals surface area (Å²) in [5.41, 5.74) is 1.34. The SMILES string of the molecule is CCN1C(=O)c2cccc3c(S(=O)(=O)N4CCCC4)cc(Br)c1c23. The fourth-order valence-corrected chi connectivity index (χ4v) is 6.19. The number of rotatable bonds is 3. The number of nitrogens with zero attached hydrogens (tertiary/aromatic N) is 2. The van der Waals surface area contributed by atoms with Crippen LogP contribution in [0, 0.1) is 0 Å². The summed E-state index contributed by atoms with van der Waals surface area (Å²) in [6.45, 7) is 3.57. The van der Waals surface area contributed by atoms with Gasteiger partial charge in [-0.05, 0) is 47.8 Å². The van der Waals surface area contributed by atoms with Crippen molar-refractivity contribution < 1.29 is 13.2 Å². The van der Waals surface area contributed by atoms with Crippen LogP contribution in [0.25, 0.3) is 10.8 Å². The van der Waals surface area contributed by atoms with Gasteiger partial charge in [-0.2, -0.15) is 4.31 Å². The Hall–Kier alpha value is -1.44. The summed E-state index contributed by atoms with van der Waals surface area (Å²) in [6, 6.07) is 6.97.